The standard InChI is InChI=1S/C22H10F4N2/c1-3-13-5-9-15(10-6-13)27-21-17(23)19(25)22(20(26)18(21)24)28-16-11-7-14(4-2)8-12-16/h1-2,5-12H. The van der Waals surface area contributed by atoms with Crippen molar-refractivity contribution in [3.05, 3.63) is 83.0 Å². The van der Waals surface area contributed by atoms with Crippen LogP contribution in [0.3, 0.4) is 0 Å². The summed E-state index contributed by atoms with van der Waals surface area (Å²) in [5, 5.41) is 0. The van der Waals surface area contributed by atoms with E-state index in [1.165, 1.54) is 48.5 Å². The van der Waals surface area contributed by atoms with Crippen molar-refractivity contribution in [3.63, 3.8) is 0 Å². The van der Waals surface area contributed by atoms with Gasteiger partial charge < -0.3 is 0 Å². The Morgan fingerprint density at radius 1 is 0.536 bits per heavy atom. The van der Waals surface area contributed by atoms with Crippen molar-refractivity contribution in [2.45, 2.75) is 0 Å². The van der Waals surface area contributed by atoms with Gasteiger partial charge in [-0.1, -0.05) is 11.8 Å². The Hall–Kier alpha value is -3.90. The van der Waals surface area contributed by atoms with Crippen LogP contribution in [0.4, 0.5) is 28.9 Å². The Kier molecular flexibility index (Phi) is 5.24. The number of terminal acetylenes is 2. The summed E-state index contributed by atoms with van der Waals surface area (Å²) in [5.74, 6) is -1.89. The molecule has 0 heterocycles. The molecule has 0 saturated heterocycles. The van der Waals surface area contributed by atoms with Crippen molar-refractivity contribution in [2.75, 3.05) is 0 Å². The number of hydrogen-bond acceptors (Lipinski definition) is 2. The Morgan fingerprint density at radius 3 is 1.07 bits per heavy atom. The Bertz CT molecular complexity index is 1020. The van der Waals surface area contributed by atoms with Crippen molar-refractivity contribution in [2.24, 2.45) is 9.98 Å². The first-order valence-electron chi connectivity index (χ1n) is 7.87. The highest BCUT2D eigenvalue weighted by Crippen LogP contribution is 2.33. The van der Waals surface area contributed by atoms with Gasteiger partial charge in [-0.2, -0.15) is 0 Å². The second kappa shape index (κ2) is 7.77. The van der Waals surface area contributed by atoms with Gasteiger partial charge in [0, 0.05) is 11.1 Å². The highest BCUT2D eigenvalue weighted by Gasteiger charge is 2.34. The van der Waals surface area contributed by atoms with Crippen LogP contribution in [0.25, 0.3) is 0 Å². The maximum absolute atomic E-state index is 14.4. The number of halogens is 4. The van der Waals surface area contributed by atoms with E-state index in [1.54, 1.807) is 0 Å². The number of aliphatic imine (C=N–C) groups is 2. The number of hydrogen-bond donors (Lipinski definition) is 0. The lowest BCUT2D eigenvalue weighted by atomic mass is 10.1. The number of benzene rings is 2. The van der Waals surface area contributed by atoms with E-state index in [9.17, 15) is 17.6 Å². The summed E-state index contributed by atoms with van der Waals surface area (Å²) in [6.07, 6.45) is 10.4. The Morgan fingerprint density at radius 2 is 0.821 bits per heavy atom. The molecule has 136 valence electrons. The third-order valence-electron chi connectivity index (χ3n) is 3.77. The summed E-state index contributed by atoms with van der Waals surface area (Å²) < 4.78 is 57.4. The molecule has 6 heteroatoms. The van der Waals surface area contributed by atoms with Crippen LogP contribution in [-0.2, 0) is 0 Å². The highest BCUT2D eigenvalue weighted by molar-refractivity contribution is 6.26. The average molecular weight is 378 g/mol. The minimum absolute atomic E-state index is 0.0742. The zero-order chi connectivity index (χ0) is 20.3. The maximum atomic E-state index is 14.4. The summed E-state index contributed by atoms with van der Waals surface area (Å²) >= 11 is 0. The predicted molar refractivity (Wildman–Crippen MR) is 101 cm³/mol. The van der Waals surface area contributed by atoms with Gasteiger partial charge in [-0.15, -0.1) is 12.8 Å². The van der Waals surface area contributed by atoms with Crippen molar-refractivity contribution < 1.29 is 17.6 Å². The normalized spacial score (nSPS) is 13.9. The van der Waals surface area contributed by atoms with Crippen LogP contribution in [0.5, 0.6) is 0 Å². The fourth-order valence-electron chi connectivity index (χ4n) is 2.33. The van der Waals surface area contributed by atoms with Crippen LogP contribution in [0.2, 0.25) is 0 Å². The van der Waals surface area contributed by atoms with Crippen molar-refractivity contribution in [1.82, 2.24) is 0 Å². The third-order valence-corrected chi connectivity index (χ3v) is 3.77. The van der Waals surface area contributed by atoms with Gasteiger partial charge in [0.15, 0.2) is 23.3 Å². The lowest BCUT2D eigenvalue weighted by molar-refractivity contribution is 0.546. The van der Waals surface area contributed by atoms with Crippen LogP contribution in [-0.4, -0.2) is 11.4 Å². The van der Waals surface area contributed by atoms with Crippen LogP contribution in [0, 0.1) is 24.7 Å². The van der Waals surface area contributed by atoms with Crippen molar-refractivity contribution in [3.8, 4) is 24.7 Å². The van der Waals surface area contributed by atoms with Gasteiger partial charge in [-0.25, -0.2) is 27.5 Å². The molecular formula is C22H10F4N2. The van der Waals surface area contributed by atoms with Crippen LogP contribution >= 0.6 is 0 Å². The first-order chi connectivity index (χ1) is 13.4. The molecular weight excluding hydrogens is 368 g/mol. The van der Waals surface area contributed by atoms with Gasteiger partial charge in [0.05, 0.1) is 11.4 Å². The molecule has 0 aromatic heterocycles. The lowest BCUT2D eigenvalue weighted by Crippen LogP contribution is -2.17. The molecule has 1 aliphatic carbocycles. The van der Waals surface area contributed by atoms with Gasteiger partial charge in [0.25, 0.3) is 0 Å². The zero-order valence-electron chi connectivity index (χ0n) is 14.2. The van der Waals surface area contributed by atoms with Crippen LogP contribution in [0.15, 0.2) is 81.8 Å². The van der Waals surface area contributed by atoms with E-state index in [4.69, 9.17) is 12.8 Å². The number of nitrogens with zero attached hydrogens (tertiary/aromatic N) is 2. The van der Waals surface area contributed by atoms with E-state index in [0.717, 1.165) is 0 Å². The van der Waals surface area contributed by atoms with E-state index in [0.29, 0.717) is 11.1 Å². The van der Waals surface area contributed by atoms with E-state index in [1.807, 2.05) is 0 Å². The molecule has 2 nitrogen and oxygen atoms in total. The minimum Gasteiger partial charge on any atom is -0.243 e. The van der Waals surface area contributed by atoms with Gasteiger partial charge in [-0.05, 0) is 48.5 Å². The summed E-state index contributed by atoms with van der Waals surface area (Å²) in [6.45, 7) is 0. The van der Waals surface area contributed by atoms with Gasteiger partial charge >= 0.3 is 0 Å². The highest BCUT2D eigenvalue weighted by atomic mass is 19.2. The fourth-order valence-corrected chi connectivity index (χ4v) is 2.33. The molecule has 0 amide bonds. The molecule has 28 heavy (non-hydrogen) atoms. The van der Waals surface area contributed by atoms with Crippen molar-refractivity contribution in [1.29, 1.82) is 0 Å². The van der Waals surface area contributed by atoms with Gasteiger partial charge in [0.1, 0.15) is 11.4 Å². The average Bonchev–Trinajstić information content (AvgIpc) is 2.73. The molecule has 0 aliphatic heterocycles. The number of rotatable bonds is 2. The smallest absolute Gasteiger partial charge is 0.189 e. The Balaban J connectivity index is 2.04. The van der Waals surface area contributed by atoms with Gasteiger partial charge in [-0.3, -0.25) is 0 Å². The molecule has 2 aromatic rings. The third kappa shape index (κ3) is 3.62. The summed E-state index contributed by atoms with van der Waals surface area (Å²) in [7, 11) is 0. The molecule has 0 fully saturated rings. The molecule has 0 bridgehead atoms. The monoisotopic (exact) mass is 378 g/mol. The molecule has 0 unspecified atom stereocenters. The fraction of sp³-hybridized carbons (Fsp3) is 0. The number of allylic oxidation sites excluding steroid dienone is 4. The molecule has 0 atom stereocenters. The first kappa shape index (κ1) is 18.9. The topological polar surface area (TPSA) is 24.7 Å². The maximum Gasteiger partial charge on any atom is 0.189 e. The molecule has 0 saturated carbocycles. The SMILES string of the molecule is C#Cc1ccc(N=C2C(F)=C(F)C(=Nc3ccc(C#C)cc3)C(F)=C2F)cc1. The predicted octanol–water partition coefficient (Wildman–Crippen LogP) is 5.81. The molecule has 0 N–H and O–H groups in total. The van der Waals surface area contributed by atoms with E-state index in [-0.39, 0.29) is 11.4 Å². The summed E-state index contributed by atoms with van der Waals surface area (Å²) in [4.78, 5) is 7.29. The second-order valence-electron chi connectivity index (χ2n) is 5.56. The Labute approximate surface area is 158 Å². The largest absolute Gasteiger partial charge is 0.243 e. The van der Waals surface area contributed by atoms with Crippen LogP contribution < -0.4 is 0 Å². The molecule has 3 rings (SSSR count). The van der Waals surface area contributed by atoms with E-state index < -0.39 is 34.7 Å². The molecule has 1 aliphatic rings. The van der Waals surface area contributed by atoms with Gasteiger partial charge in [0.2, 0.25) is 0 Å². The first-order valence-corrected chi connectivity index (χ1v) is 7.87. The lowest BCUT2D eigenvalue weighted by Gasteiger charge is -2.13. The second-order valence-corrected chi connectivity index (χ2v) is 5.56. The summed E-state index contributed by atoms with van der Waals surface area (Å²) in [6, 6.07) is 11.4. The summed E-state index contributed by atoms with van der Waals surface area (Å²) in [5.41, 5.74) is -1.00. The quantitative estimate of drug-likeness (QED) is 0.358. The van der Waals surface area contributed by atoms with E-state index >= 15 is 0 Å². The van der Waals surface area contributed by atoms with Crippen molar-refractivity contribution >= 4 is 22.8 Å². The molecule has 0 spiro atoms. The molecule has 0 radical (unpaired) electrons. The minimum atomic E-state index is -1.65. The van der Waals surface area contributed by atoms with E-state index in [2.05, 4.69) is 21.8 Å². The molecule has 2 aromatic carbocycles. The van der Waals surface area contributed by atoms with Crippen LogP contribution in [0.1, 0.15) is 11.1 Å². The zero-order valence-corrected chi connectivity index (χ0v) is 14.2.